The van der Waals surface area contributed by atoms with Gasteiger partial charge < -0.3 is 19.7 Å². The summed E-state index contributed by atoms with van der Waals surface area (Å²) < 4.78 is 10.8. The molecule has 1 fully saturated rings. The van der Waals surface area contributed by atoms with Crippen molar-refractivity contribution in [3.05, 3.63) is 46.5 Å². The fourth-order valence-corrected chi connectivity index (χ4v) is 3.00. The minimum Gasteiger partial charge on any atom is -0.507 e. The van der Waals surface area contributed by atoms with E-state index in [1.165, 1.54) is 6.08 Å². The maximum Gasteiger partial charge on any atom is 0.342 e. The van der Waals surface area contributed by atoms with Gasteiger partial charge in [0.2, 0.25) is 0 Å². The molecule has 1 saturated heterocycles. The van der Waals surface area contributed by atoms with Crippen molar-refractivity contribution in [3.8, 4) is 11.5 Å². The first kappa shape index (κ1) is 17.5. The average Bonchev–Trinajstić information content (AvgIpc) is 3.25. The Labute approximate surface area is 149 Å². The molecule has 1 aromatic rings. The Hall–Kier alpha value is -2.31. The SMILES string of the molecule is C[C@@H]1C[C@H]2O[C@H]2/C=C/C=C\C(=O)Cc2c(Cl)c(O)cc(O)c2C(=O)O1. The van der Waals surface area contributed by atoms with Crippen molar-refractivity contribution in [1.29, 1.82) is 0 Å². The lowest BCUT2D eigenvalue weighted by Gasteiger charge is -2.16. The zero-order chi connectivity index (χ0) is 18.1. The maximum absolute atomic E-state index is 12.5. The third-order valence-corrected chi connectivity index (χ3v) is 4.49. The minimum absolute atomic E-state index is 0.0348. The van der Waals surface area contributed by atoms with E-state index in [0.29, 0.717) is 6.42 Å². The molecule has 0 aromatic heterocycles. The lowest BCUT2D eigenvalue weighted by atomic mass is 10.00. The first-order valence-electron chi connectivity index (χ1n) is 7.84. The molecule has 2 heterocycles. The molecule has 0 amide bonds. The molecule has 6 nitrogen and oxygen atoms in total. The second kappa shape index (κ2) is 6.90. The van der Waals surface area contributed by atoms with Crippen molar-refractivity contribution < 1.29 is 29.3 Å². The van der Waals surface area contributed by atoms with Crippen molar-refractivity contribution in [3.63, 3.8) is 0 Å². The second-order valence-electron chi connectivity index (χ2n) is 6.06. The standard InChI is InChI=1S/C18H17ClO6/c1-9-6-15-14(25-15)5-3-2-4-10(20)7-11-16(18(23)24-9)12(21)8-13(22)17(11)19/h2-5,8-9,14-15,21-22H,6-7H2,1H3/b4-2-,5-3+/t9-,14+,15-/m1/s1. The van der Waals surface area contributed by atoms with Crippen LogP contribution in [0.5, 0.6) is 11.5 Å². The Balaban J connectivity index is 2.01. The van der Waals surface area contributed by atoms with E-state index in [9.17, 15) is 19.8 Å². The fraction of sp³-hybridized carbons (Fsp3) is 0.333. The van der Waals surface area contributed by atoms with Crippen molar-refractivity contribution in [1.82, 2.24) is 0 Å². The van der Waals surface area contributed by atoms with Crippen LogP contribution in [-0.4, -0.2) is 40.3 Å². The molecule has 0 aliphatic carbocycles. The molecule has 0 unspecified atom stereocenters. The first-order chi connectivity index (χ1) is 11.9. The lowest BCUT2D eigenvalue weighted by Crippen LogP contribution is -2.19. The third kappa shape index (κ3) is 3.86. The molecule has 0 bridgehead atoms. The van der Waals surface area contributed by atoms with Crippen molar-refractivity contribution in [2.75, 3.05) is 0 Å². The number of ether oxygens (including phenoxy) is 2. The number of phenols is 2. The van der Waals surface area contributed by atoms with Crippen LogP contribution in [0.15, 0.2) is 30.4 Å². The molecule has 3 rings (SSSR count). The quantitative estimate of drug-likeness (QED) is 0.542. The number of fused-ring (bicyclic) bond motifs is 2. The van der Waals surface area contributed by atoms with Gasteiger partial charge in [-0.1, -0.05) is 29.8 Å². The third-order valence-electron chi connectivity index (χ3n) is 4.06. The highest BCUT2D eigenvalue weighted by atomic mass is 35.5. The van der Waals surface area contributed by atoms with Crippen LogP contribution in [0.3, 0.4) is 0 Å². The van der Waals surface area contributed by atoms with Gasteiger partial charge in [-0.05, 0) is 13.0 Å². The van der Waals surface area contributed by atoms with E-state index >= 15 is 0 Å². The first-order valence-corrected chi connectivity index (χ1v) is 8.22. The van der Waals surface area contributed by atoms with Crippen LogP contribution in [0.25, 0.3) is 0 Å². The van der Waals surface area contributed by atoms with Gasteiger partial charge in [0.1, 0.15) is 29.3 Å². The molecule has 0 saturated carbocycles. The summed E-state index contributed by atoms with van der Waals surface area (Å²) in [7, 11) is 0. The monoisotopic (exact) mass is 364 g/mol. The van der Waals surface area contributed by atoms with Crippen molar-refractivity contribution in [2.45, 2.75) is 38.1 Å². The predicted octanol–water partition coefficient (Wildman–Crippen LogP) is 2.69. The number of cyclic esters (lactones) is 1. The number of ketones is 1. The van der Waals surface area contributed by atoms with E-state index in [1.807, 2.05) is 6.08 Å². The number of benzene rings is 1. The summed E-state index contributed by atoms with van der Waals surface area (Å²) in [5.74, 6) is -2.04. The predicted molar refractivity (Wildman–Crippen MR) is 89.9 cm³/mol. The fourth-order valence-electron chi connectivity index (χ4n) is 2.78. The number of hydrogen-bond acceptors (Lipinski definition) is 6. The number of phenolic OH excluding ortho intramolecular Hbond substituents is 2. The molecule has 0 spiro atoms. The highest BCUT2D eigenvalue weighted by molar-refractivity contribution is 6.33. The van der Waals surface area contributed by atoms with E-state index in [4.69, 9.17) is 21.1 Å². The van der Waals surface area contributed by atoms with E-state index in [1.54, 1.807) is 19.1 Å². The number of carbonyl (C=O) groups is 2. The van der Waals surface area contributed by atoms with Crippen LogP contribution in [0, 0.1) is 0 Å². The van der Waals surface area contributed by atoms with Gasteiger partial charge in [0.25, 0.3) is 0 Å². The summed E-state index contributed by atoms with van der Waals surface area (Å²) in [5.41, 5.74) is -0.176. The topological polar surface area (TPSA) is 96.4 Å². The van der Waals surface area contributed by atoms with Gasteiger partial charge in [0.05, 0.1) is 11.1 Å². The lowest BCUT2D eigenvalue weighted by molar-refractivity contribution is -0.114. The smallest absolute Gasteiger partial charge is 0.342 e. The van der Waals surface area contributed by atoms with Gasteiger partial charge in [0, 0.05) is 24.5 Å². The van der Waals surface area contributed by atoms with Crippen LogP contribution < -0.4 is 0 Å². The van der Waals surface area contributed by atoms with Gasteiger partial charge >= 0.3 is 5.97 Å². The average molecular weight is 365 g/mol. The Morgan fingerprint density at radius 2 is 1.96 bits per heavy atom. The number of epoxide rings is 1. The van der Waals surface area contributed by atoms with E-state index in [0.717, 1.165) is 6.07 Å². The zero-order valence-electron chi connectivity index (χ0n) is 13.4. The maximum atomic E-state index is 12.5. The summed E-state index contributed by atoms with van der Waals surface area (Å²) in [6, 6.07) is 0.958. The molecule has 2 aliphatic heterocycles. The highest BCUT2D eigenvalue weighted by Crippen LogP contribution is 2.37. The van der Waals surface area contributed by atoms with Crippen molar-refractivity contribution >= 4 is 23.4 Å². The number of rotatable bonds is 0. The Bertz CT molecular complexity index is 782. The van der Waals surface area contributed by atoms with E-state index in [2.05, 4.69) is 0 Å². The molecule has 2 aliphatic rings. The van der Waals surface area contributed by atoms with Crippen molar-refractivity contribution in [2.24, 2.45) is 0 Å². The summed E-state index contributed by atoms with van der Waals surface area (Å²) in [5, 5.41) is 19.7. The van der Waals surface area contributed by atoms with Gasteiger partial charge in [0.15, 0.2) is 5.78 Å². The molecular weight excluding hydrogens is 348 g/mol. The van der Waals surface area contributed by atoms with Gasteiger partial charge in [-0.3, -0.25) is 4.79 Å². The van der Waals surface area contributed by atoms with Crippen LogP contribution in [0.4, 0.5) is 0 Å². The highest BCUT2D eigenvalue weighted by Gasteiger charge is 2.38. The van der Waals surface area contributed by atoms with Gasteiger partial charge in [-0.25, -0.2) is 4.79 Å². The van der Waals surface area contributed by atoms with Gasteiger partial charge in [-0.15, -0.1) is 0 Å². The minimum atomic E-state index is -0.802. The Morgan fingerprint density at radius 1 is 1.20 bits per heavy atom. The molecule has 7 heteroatoms. The zero-order valence-corrected chi connectivity index (χ0v) is 14.2. The number of allylic oxidation sites excluding steroid dienone is 3. The number of carbonyl (C=O) groups excluding carboxylic acids is 2. The van der Waals surface area contributed by atoms with Crippen LogP contribution >= 0.6 is 11.6 Å². The summed E-state index contributed by atoms with van der Waals surface area (Å²) in [6.07, 6.45) is 6.13. The number of esters is 1. The van der Waals surface area contributed by atoms with Gasteiger partial charge in [-0.2, -0.15) is 0 Å². The summed E-state index contributed by atoms with van der Waals surface area (Å²) in [4.78, 5) is 24.6. The normalized spacial score (nSPS) is 29.0. The summed E-state index contributed by atoms with van der Waals surface area (Å²) >= 11 is 6.05. The number of halogens is 1. The van der Waals surface area contributed by atoms with Crippen LogP contribution in [0.1, 0.15) is 29.3 Å². The molecular formula is C18H17ClO6. The van der Waals surface area contributed by atoms with Crippen LogP contribution in [-0.2, 0) is 20.7 Å². The van der Waals surface area contributed by atoms with Crippen LogP contribution in [0.2, 0.25) is 5.02 Å². The second-order valence-corrected chi connectivity index (χ2v) is 6.44. The molecule has 25 heavy (non-hydrogen) atoms. The summed E-state index contributed by atoms with van der Waals surface area (Å²) in [6.45, 7) is 1.72. The number of hydrogen-bond donors (Lipinski definition) is 2. The van der Waals surface area contributed by atoms with E-state index in [-0.39, 0.29) is 40.6 Å². The largest absolute Gasteiger partial charge is 0.507 e. The number of aromatic hydroxyl groups is 2. The molecule has 132 valence electrons. The molecule has 2 N–H and O–H groups in total. The molecule has 3 atom stereocenters. The Morgan fingerprint density at radius 3 is 2.72 bits per heavy atom. The van der Waals surface area contributed by atoms with E-state index < -0.39 is 23.6 Å². The Kier molecular flexibility index (Phi) is 4.83. The molecule has 1 aromatic carbocycles. The molecule has 0 radical (unpaired) electrons.